The van der Waals surface area contributed by atoms with Crippen molar-refractivity contribution in [3.63, 3.8) is 0 Å². The quantitative estimate of drug-likeness (QED) is 0.899. The van der Waals surface area contributed by atoms with E-state index in [-0.39, 0.29) is 11.6 Å². The summed E-state index contributed by atoms with van der Waals surface area (Å²) in [6.45, 7) is 4.80. The van der Waals surface area contributed by atoms with Crippen LogP contribution in [0.4, 0.5) is 9.18 Å². The van der Waals surface area contributed by atoms with Crippen LogP contribution < -0.4 is 5.32 Å². The second-order valence-corrected chi connectivity index (χ2v) is 5.46. The first kappa shape index (κ1) is 15.7. The molecule has 106 valence electrons. The van der Waals surface area contributed by atoms with Crippen molar-refractivity contribution in [2.75, 3.05) is 6.61 Å². The van der Waals surface area contributed by atoms with Crippen molar-refractivity contribution < 1.29 is 19.0 Å². The van der Waals surface area contributed by atoms with Crippen LogP contribution >= 0.6 is 11.6 Å². The lowest BCUT2D eigenvalue weighted by Crippen LogP contribution is -2.36. The molecule has 0 radical (unpaired) electrons. The van der Waals surface area contributed by atoms with Crippen molar-refractivity contribution in [2.45, 2.75) is 32.4 Å². The van der Waals surface area contributed by atoms with Crippen LogP contribution in [-0.4, -0.2) is 23.4 Å². The number of amides is 1. The van der Waals surface area contributed by atoms with Crippen LogP contribution in [0.3, 0.4) is 0 Å². The van der Waals surface area contributed by atoms with Crippen LogP contribution in [0.15, 0.2) is 18.2 Å². The molecule has 2 N–H and O–H groups in total. The Labute approximate surface area is 116 Å². The number of halogens is 2. The van der Waals surface area contributed by atoms with Gasteiger partial charge < -0.3 is 15.2 Å². The predicted octanol–water partition coefficient (Wildman–Crippen LogP) is 3.04. The lowest BCUT2D eigenvalue weighted by molar-refractivity contribution is 0.0481. The summed E-state index contributed by atoms with van der Waals surface area (Å²) in [6.07, 6.45) is -0.679. The first-order valence-electron chi connectivity index (χ1n) is 5.78. The maximum atomic E-state index is 13.3. The number of hydrogen-bond donors (Lipinski definition) is 2. The third-order valence-electron chi connectivity index (χ3n) is 2.22. The third-order valence-corrected chi connectivity index (χ3v) is 2.53. The Bertz CT molecular complexity index is 460. The molecule has 0 saturated heterocycles. The highest BCUT2D eigenvalue weighted by atomic mass is 35.5. The van der Waals surface area contributed by atoms with Crippen molar-refractivity contribution in [2.24, 2.45) is 0 Å². The molecule has 4 nitrogen and oxygen atoms in total. The topological polar surface area (TPSA) is 58.6 Å². The monoisotopic (exact) mass is 289 g/mol. The highest BCUT2D eigenvalue weighted by molar-refractivity contribution is 6.30. The van der Waals surface area contributed by atoms with Crippen LogP contribution in [0, 0.1) is 5.82 Å². The molecular formula is C13H17ClFNO3. The summed E-state index contributed by atoms with van der Waals surface area (Å²) < 4.78 is 18.4. The minimum atomic E-state index is -0.749. The fourth-order valence-electron chi connectivity index (χ4n) is 1.41. The molecule has 0 unspecified atom stereocenters. The minimum Gasteiger partial charge on any atom is -0.444 e. The van der Waals surface area contributed by atoms with Gasteiger partial charge in [0, 0.05) is 0 Å². The molecule has 0 aliphatic carbocycles. The van der Waals surface area contributed by atoms with E-state index < -0.39 is 23.6 Å². The van der Waals surface area contributed by atoms with E-state index in [2.05, 4.69) is 5.32 Å². The number of rotatable bonds is 3. The lowest BCUT2D eigenvalue weighted by atomic mass is 10.1. The smallest absolute Gasteiger partial charge is 0.408 e. The van der Waals surface area contributed by atoms with Crippen LogP contribution in [0.2, 0.25) is 5.02 Å². The van der Waals surface area contributed by atoms with E-state index in [0.717, 1.165) is 0 Å². The normalized spacial score (nSPS) is 12.9. The molecule has 0 aliphatic heterocycles. The zero-order valence-corrected chi connectivity index (χ0v) is 11.8. The van der Waals surface area contributed by atoms with Gasteiger partial charge in [0.05, 0.1) is 17.7 Å². The highest BCUT2D eigenvalue weighted by Crippen LogP contribution is 2.20. The summed E-state index contributed by atoms with van der Waals surface area (Å²) in [5.41, 5.74) is -0.231. The molecule has 19 heavy (non-hydrogen) atoms. The van der Waals surface area contributed by atoms with Gasteiger partial charge in [-0.25, -0.2) is 9.18 Å². The highest BCUT2D eigenvalue weighted by Gasteiger charge is 2.20. The predicted molar refractivity (Wildman–Crippen MR) is 70.6 cm³/mol. The molecular weight excluding hydrogens is 273 g/mol. The molecule has 1 atom stereocenters. The number of benzene rings is 1. The van der Waals surface area contributed by atoms with Gasteiger partial charge in [-0.05, 0) is 38.5 Å². The standard InChI is InChI=1S/C13H17ClFNO3/c1-13(2,3)19-12(18)16-11(7-17)8-4-5-9(14)10(15)6-8/h4-6,11,17H,7H2,1-3H3,(H,16,18)/t11-/m1/s1. The van der Waals surface area contributed by atoms with E-state index in [0.29, 0.717) is 5.56 Å². The minimum absolute atomic E-state index is 0.0160. The Morgan fingerprint density at radius 3 is 2.63 bits per heavy atom. The van der Waals surface area contributed by atoms with Crippen LogP contribution in [0.1, 0.15) is 32.4 Å². The van der Waals surface area contributed by atoms with E-state index in [4.69, 9.17) is 16.3 Å². The van der Waals surface area contributed by atoms with Crippen LogP contribution in [0.5, 0.6) is 0 Å². The molecule has 0 spiro atoms. The first-order chi connectivity index (χ1) is 8.73. The van der Waals surface area contributed by atoms with E-state index in [1.54, 1.807) is 20.8 Å². The molecule has 0 aromatic heterocycles. The first-order valence-corrected chi connectivity index (χ1v) is 6.16. The van der Waals surface area contributed by atoms with Gasteiger partial charge in [0.2, 0.25) is 0 Å². The zero-order valence-electron chi connectivity index (χ0n) is 11.0. The number of carbonyl (C=O) groups is 1. The molecule has 0 fully saturated rings. The Hall–Kier alpha value is -1.33. The zero-order chi connectivity index (χ0) is 14.6. The summed E-state index contributed by atoms with van der Waals surface area (Å²) in [7, 11) is 0. The van der Waals surface area contributed by atoms with E-state index in [1.807, 2.05) is 0 Å². The average Bonchev–Trinajstić information content (AvgIpc) is 2.27. The van der Waals surface area contributed by atoms with Gasteiger partial charge in [-0.3, -0.25) is 0 Å². The van der Waals surface area contributed by atoms with Crippen molar-refractivity contribution in [3.8, 4) is 0 Å². The summed E-state index contributed by atoms with van der Waals surface area (Å²) in [6, 6.07) is 3.32. The van der Waals surface area contributed by atoms with Gasteiger partial charge in [0.25, 0.3) is 0 Å². The lowest BCUT2D eigenvalue weighted by Gasteiger charge is -2.23. The Morgan fingerprint density at radius 2 is 2.16 bits per heavy atom. The summed E-state index contributed by atoms with van der Waals surface area (Å²) in [5.74, 6) is -0.608. The van der Waals surface area contributed by atoms with Gasteiger partial charge in [-0.2, -0.15) is 0 Å². The van der Waals surface area contributed by atoms with Crippen molar-refractivity contribution in [3.05, 3.63) is 34.6 Å². The number of carbonyl (C=O) groups excluding carboxylic acids is 1. The molecule has 1 aromatic rings. The number of hydrogen-bond acceptors (Lipinski definition) is 3. The summed E-state index contributed by atoms with van der Waals surface area (Å²) >= 11 is 5.57. The SMILES string of the molecule is CC(C)(C)OC(=O)N[C@H](CO)c1ccc(Cl)c(F)c1. The van der Waals surface area contributed by atoms with E-state index >= 15 is 0 Å². The van der Waals surface area contributed by atoms with Gasteiger partial charge in [-0.1, -0.05) is 17.7 Å². The van der Waals surface area contributed by atoms with Gasteiger partial charge in [0.15, 0.2) is 0 Å². The van der Waals surface area contributed by atoms with Crippen molar-refractivity contribution in [1.29, 1.82) is 0 Å². The largest absolute Gasteiger partial charge is 0.444 e. The second kappa shape index (κ2) is 6.21. The maximum Gasteiger partial charge on any atom is 0.408 e. The third kappa shape index (κ3) is 5.04. The van der Waals surface area contributed by atoms with Gasteiger partial charge >= 0.3 is 6.09 Å². The molecule has 1 rings (SSSR count). The van der Waals surface area contributed by atoms with Crippen molar-refractivity contribution in [1.82, 2.24) is 5.32 Å². The van der Waals surface area contributed by atoms with Crippen LogP contribution in [-0.2, 0) is 4.74 Å². The maximum absolute atomic E-state index is 13.3. The number of alkyl carbamates (subject to hydrolysis) is 1. The molecule has 0 saturated carbocycles. The molecule has 0 bridgehead atoms. The van der Waals surface area contributed by atoms with E-state index in [1.165, 1.54) is 18.2 Å². The Morgan fingerprint density at radius 1 is 1.53 bits per heavy atom. The Balaban J connectivity index is 2.78. The molecule has 0 heterocycles. The fourth-order valence-corrected chi connectivity index (χ4v) is 1.53. The molecule has 1 amide bonds. The number of aliphatic hydroxyl groups is 1. The second-order valence-electron chi connectivity index (χ2n) is 5.05. The fraction of sp³-hybridized carbons (Fsp3) is 0.462. The summed E-state index contributed by atoms with van der Waals surface area (Å²) in [5, 5.41) is 11.7. The van der Waals surface area contributed by atoms with Gasteiger partial charge in [-0.15, -0.1) is 0 Å². The number of ether oxygens (including phenoxy) is 1. The number of nitrogens with one attached hydrogen (secondary N) is 1. The average molecular weight is 290 g/mol. The van der Waals surface area contributed by atoms with Gasteiger partial charge in [0.1, 0.15) is 11.4 Å². The van der Waals surface area contributed by atoms with Crippen molar-refractivity contribution >= 4 is 17.7 Å². The summed E-state index contributed by atoms with van der Waals surface area (Å²) in [4.78, 5) is 11.6. The number of aliphatic hydroxyl groups excluding tert-OH is 1. The molecule has 0 aliphatic rings. The van der Waals surface area contributed by atoms with E-state index in [9.17, 15) is 14.3 Å². The Kier molecular flexibility index (Phi) is 5.14. The van der Waals surface area contributed by atoms with Crippen LogP contribution in [0.25, 0.3) is 0 Å². The molecule has 6 heteroatoms. The molecule has 1 aromatic carbocycles.